The Bertz CT molecular complexity index is 747. The van der Waals surface area contributed by atoms with Crippen molar-refractivity contribution in [2.24, 2.45) is 0 Å². The van der Waals surface area contributed by atoms with Gasteiger partial charge in [-0.15, -0.1) is 11.3 Å². The van der Waals surface area contributed by atoms with Crippen molar-refractivity contribution in [3.63, 3.8) is 0 Å². The van der Waals surface area contributed by atoms with E-state index in [-0.39, 0.29) is 16.7 Å². The first-order valence-corrected chi connectivity index (χ1v) is 9.22. The lowest BCUT2D eigenvalue weighted by atomic mass is 10.3. The van der Waals surface area contributed by atoms with E-state index < -0.39 is 20.7 Å². The lowest BCUT2D eigenvalue weighted by Gasteiger charge is -2.09. The lowest BCUT2D eigenvalue weighted by molar-refractivity contribution is 0.554. The third-order valence-corrected chi connectivity index (χ3v) is 6.32. The van der Waals surface area contributed by atoms with Crippen LogP contribution in [0, 0.1) is 5.82 Å². The standard InChI is InChI=1S/C11H9Br2FN2O2S2/c12-7-1-2-19-9(7)5-16-20(17,18)10-4-6(15)3-8(13)11(10)14/h1-4,16H,5,15H2. The molecule has 2 aromatic rings. The summed E-state index contributed by atoms with van der Waals surface area (Å²) in [7, 11) is -3.98. The highest BCUT2D eigenvalue weighted by Crippen LogP contribution is 2.27. The monoisotopic (exact) mass is 442 g/mol. The van der Waals surface area contributed by atoms with Gasteiger partial charge in [-0.2, -0.15) is 0 Å². The lowest BCUT2D eigenvalue weighted by Crippen LogP contribution is -2.24. The maximum absolute atomic E-state index is 13.9. The van der Waals surface area contributed by atoms with Crippen LogP contribution < -0.4 is 10.5 Å². The molecule has 0 bridgehead atoms. The molecule has 108 valence electrons. The van der Waals surface area contributed by atoms with Crippen LogP contribution in [0.3, 0.4) is 0 Å². The number of sulfonamides is 1. The molecule has 9 heteroatoms. The van der Waals surface area contributed by atoms with Crippen molar-refractivity contribution in [1.82, 2.24) is 4.72 Å². The maximum atomic E-state index is 13.9. The second-order valence-corrected chi connectivity index (χ2v) is 8.28. The average molecular weight is 444 g/mol. The molecule has 0 spiro atoms. The van der Waals surface area contributed by atoms with Gasteiger partial charge >= 0.3 is 0 Å². The third-order valence-electron chi connectivity index (χ3n) is 2.42. The quantitative estimate of drug-likeness (QED) is 0.710. The molecule has 0 saturated carbocycles. The first kappa shape index (κ1) is 15.9. The van der Waals surface area contributed by atoms with Gasteiger partial charge in [-0.05, 0) is 55.4 Å². The van der Waals surface area contributed by atoms with Crippen molar-refractivity contribution in [2.45, 2.75) is 11.4 Å². The number of anilines is 1. The van der Waals surface area contributed by atoms with Gasteiger partial charge in [-0.1, -0.05) is 0 Å². The minimum Gasteiger partial charge on any atom is -0.399 e. The number of nitrogens with two attached hydrogens (primary N) is 1. The van der Waals surface area contributed by atoms with E-state index in [1.165, 1.54) is 17.4 Å². The van der Waals surface area contributed by atoms with Gasteiger partial charge in [-0.25, -0.2) is 17.5 Å². The van der Waals surface area contributed by atoms with Gasteiger partial charge < -0.3 is 5.73 Å². The van der Waals surface area contributed by atoms with Crippen LogP contribution in [0.5, 0.6) is 0 Å². The number of thiophene rings is 1. The van der Waals surface area contributed by atoms with Crippen LogP contribution in [-0.4, -0.2) is 8.42 Å². The Kier molecular flexibility index (Phi) is 4.85. The molecule has 4 nitrogen and oxygen atoms in total. The molecule has 3 N–H and O–H groups in total. The predicted molar refractivity (Wildman–Crippen MR) is 84.6 cm³/mol. The molecule has 1 heterocycles. The molecule has 2 rings (SSSR count). The highest BCUT2D eigenvalue weighted by Gasteiger charge is 2.22. The summed E-state index contributed by atoms with van der Waals surface area (Å²) in [6.45, 7) is 0.0758. The molecular weight excluding hydrogens is 435 g/mol. The molecule has 0 atom stereocenters. The van der Waals surface area contributed by atoms with Crippen LogP contribution in [0.1, 0.15) is 4.88 Å². The molecule has 0 aliphatic carbocycles. The smallest absolute Gasteiger partial charge is 0.243 e. The predicted octanol–water partition coefficient (Wildman–Crippen LogP) is 3.47. The summed E-state index contributed by atoms with van der Waals surface area (Å²) in [4.78, 5) is 0.328. The van der Waals surface area contributed by atoms with Crippen molar-refractivity contribution < 1.29 is 12.8 Å². The number of hydrogen-bond donors (Lipinski definition) is 2. The normalized spacial score (nSPS) is 11.8. The van der Waals surface area contributed by atoms with Gasteiger partial charge in [0.05, 0.1) is 4.47 Å². The van der Waals surface area contributed by atoms with Crippen molar-refractivity contribution in [3.8, 4) is 0 Å². The van der Waals surface area contributed by atoms with Gasteiger partial charge in [0.1, 0.15) is 4.90 Å². The van der Waals surface area contributed by atoms with E-state index in [9.17, 15) is 12.8 Å². The minimum atomic E-state index is -3.98. The van der Waals surface area contributed by atoms with E-state index >= 15 is 0 Å². The molecule has 1 aromatic heterocycles. The summed E-state index contributed by atoms with van der Waals surface area (Å²) in [6, 6.07) is 4.21. The number of nitrogens with one attached hydrogen (secondary N) is 1. The maximum Gasteiger partial charge on any atom is 0.243 e. The summed E-state index contributed by atoms with van der Waals surface area (Å²) < 4.78 is 41.3. The fraction of sp³-hybridized carbons (Fsp3) is 0.0909. The molecular formula is C11H9Br2FN2O2S2. The number of rotatable bonds is 4. The Balaban J connectivity index is 2.29. The van der Waals surface area contributed by atoms with Gasteiger partial charge in [-0.3, -0.25) is 0 Å². The summed E-state index contributed by atoms with van der Waals surface area (Å²) in [6.07, 6.45) is 0. The van der Waals surface area contributed by atoms with Gasteiger partial charge in [0.15, 0.2) is 5.82 Å². The highest BCUT2D eigenvalue weighted by atomic mass is 79.9. The zero-order chi connectivity index (χ0) is 14.9. The van der Waals surface area contributed by atoms with Crippen molar-refractivity contribution >= 4 is 58.9 Å². The second kappa shape index (κ2) is 6.10. The van der Waals surface area contributed by atoms with Crippen molar-refractivity contribution in [3.05, 3.63) is 43.2 Å². The van der Waals surface area contributed by atoms with Crippen LogP contribution in [0.15, 0.2) is 37.4 Å². The highest BCUT2D eigenvalue weighted by molar-refractivity contribution is 9.10. The SMILES string of the molecule is Nc1cc(Br)c(F)c(S(=O)(=O)NCc2sccc2Br)c1. The van der Waals surface area contributed by atoms with Crippen molar-refractivity contribution in [2.75, 3.05) is 5.73 Å². The Hall–Kier alpha value is -0.480. The number of halogens is 3. The topological polar surface area (TPSA) is 72.2 Å². The Labute approximate surface area is 136 Å². The zero-order valence-corrected chi connectivity index (χ0v) is 14.7. The van der Waals surface area contributed by atoms with E-state index in [2.05, 4.69) is 36.6 Å². The average Bonchev–Trinajstić information content (AvgIpc) is 2.77. The Morgan fingerprint density at radius 1 is 1.30 bits per heavy atom. The molecule has 0 amide bonds. The number of nitrogen functional groups attached to an aromatic ring is 1. The fourth-order valence-electron chi connectivity index (χ4n) is 1.47. The van der Waals surface area contributed by atoms with E-state index in [1.807, 2.05) is 11.4 Å². The molecule has 1 aromatic carbocycles. The molecule has 0 aliphatic rings. The van der Waals surface area contributed by atoms with Gasteiger partial charge in [0, 0.05) is 21.6 Å². The van der Waals surface area contributed by atoms with Crippen LogP contribution in [0.2, 0.25) is 0 Å². The second-order valence-electron chi connectivity index (χ2n) is 3.83. The fourth-order valence-corrected chi connectivity index (χ4v) is 4.73. The van der Waals surface area contributed by atoms with E-state index in [0.717, 1.165) is 15.4 Å². The minimum absolute atomic E-state index is 0.00943. The Morgan fingerprint density at radius 3 is 2.60 bits per heavy atom. The van der Waals surface area contributed by atoms with E-state index in [0.29, 0.717) is 0 Å². The molecule has 0 unspecified atom stereocenters. The van der Waals surface area contributed by atoms with Gasteiger partial charge in [0.2, 0.25) is 10.0 Å². The van der Waals surface area contributed by atoms with Crippen LogP contribution >= 0.6 is 43.2 Å². The zero-order valence-electron chi connectivity index (χ0n) is 9.86. The molecule has 0 aliphatic heterocycles. The van der Waals surface area contributed by atoms with Crippen LogP contribution in [0.4, 0.5) is 10.1 Å². The Morgan fingerprint density at radius 2 is 2.00 bits per heavy atom. The molecule has 0 fully saturated rings. The van der Waals surface area contributed by atoms with E-state index in [1.54, 1.807) is 0 Å². The first-order valence-electron chi connectivity index (χ1n) is 5.27. The van der Waals surface area contributed by atoms with Crippen LogP contribution in [-0.2, 0) is 16.6 Å². The summed E-state index contributed by atoms with van der Waals surface area (Å²) in [5, 5.41) is 1.82. The summed E-state index contributed by atoms with van der Waals surface area (Å²) >= 11 is 7.63. The summed E-state index contributed by atoms with van der Waals surface area (Å²) in [5.41, 5.74) is 5.71. The number of hydrogen-bond acceptors (Lipinski definition) is 4. The van der Waals surface area contributed by atoms with Crippen LogP contribution in [0.25, 0.3) is 0 Å². The largest absolute Gasteiger partial charge is 0.399 e. The van der Waals surface area contributed by atoms with E-state index in [4.69, 9.17) is 5.73 Å². The van der Waals surface area contributed by atoms with Gasteiger partial charge in [0.25, 0.3) is 0 Å². The van der Waals surface area contributed by atoms with Crippen molar-refractivity contribution in [1.29, 1.82) is 0 Å². The number of benzene rings is 1. The first-order chi connectivity index (χ1) is 9.31. The third kappa shape index (κ3) is 3.40. The summed E-state index contributed by atoms with van der Waals surface area (Å²) in [5.74, 6) is -0.864. The molecule has 0 radical (unpaired) electrons. The molecule has 0 saturated heterocycles. The molecule has 20 heavy (non-hydrogen) atoms.